The van der Waals surface area contributed by atoms with Crippen molar-refractivity contribution in [2.45, 2.75) is 89.6 Å². The number of amides is 1. The molecular weight excluding hydrogens is 437 g/mol. The second-order valence-corrected chi connectivity index (χ2v) is 9.40. The Labute approximate surface area is 199 Å². The van der Waals surface area contributed by atoms with Crippen molar-refractivity contribution < 1.29 is 18.7 Å². The Bertz CT molecular complexity index is 1100. The average Bonchev–Trinajstić information content (AvgIpc) is 3.36. The number of carbonyl (C=O) groups is 2. The number of rotatable bonds is 8. The van der Waals surface area contributed by atoms with Gasteiger partial charge in [0.05, 0.1) is 29.6 Å². The van der Waals surface area contributed by atoms with E-state index >= 15 is 4.39 Å². The number of nitrogens with zero attached hydrogens (tertiary/aromatic N) is 1. The zero-order valence-electron chi connectivity index (χ0n) is 19.8. The highest BCUT2D eigenvalue weighted by Crippen LogP contribution is 2.34. The first-order chi connectivity index (χ1) is 16.5. The van der Waals surface area contributed by atoms with Crippen LogP contribution in [0, 0.1) is 5.82 Å². The normalized spacial score (nSPS) is 17.1. The van der Waals surface area contributed by atoms with Crippen LogP contribution in [-0.4, -0.2) is 29.1 Å². The highest BCUT2D eigenvalue weighted by atomic mass is 19.1. The van der Waals surface area contributed by atoms with Crippen molar-refractivity contribution in [2.24, 2.45) is 0 Å². The SMILES string of the molecule is CCOC(=O)CCC(=O)Nc1cn(C2CCCC2)c2cc(NC3CCCCC3)c(F)cc2c1=O. The third-order valence-corrected chi connectivity index (χ3v) is 6.94. The fraction of sp³-hybridized carbons (Fsp3) is 0.577. The number of anilines is 2. The van der Waals surface area contributed by atoms with E-state index in [1.807, 2.05) is 4.57 Å². The molecule has 0 unspecified atom stereocenters. The maximum Gasteiger partial charge on any atom is 0.306 e. The maximum atomic E-state index is 15.1. The van der Waals surface area contributed by atoms with Crippen molar-refractivity contribution in [3.05, 3.63) is 34.4 Å². The molecule has 8 heteroatoms. The molecule has 34 heavy (non-hydrogen) atoms. The van der Waals surface area contributed by atoms with Gasteiger partial charge in [-0.3, -0.25) is 14.4 Å². The Morgan fingerprint density at radius 2 is 1.74 bits per heavy atom. The van der Waals surface area contributed by atoms with Crippen LogP contribution >= 0.6 is 0 Å². The third kappa shape index (κ3) is 5.59. The van der Waals surface area contributed by atoms with Crippen LogP contribution in [0.5, 0.6) is 0 Å². The van der Waals surface area contributed by atoms with Gasteiger partial charge < -0.3 is 19.9 Å². The van der Waals surface area contributed by atoms with E-state index in [0.29, 0.717) is 11.2 Å². The van der Waals surface area contributed by atoms with Gasteiger partial charge in [0.2, 0.25) is 11.3 Å². The monoisotopic (exact) mass is 471 g/mol. The molecular formula is C26H34FN3O4. The fourth-order valence-corrected chi connectivity index (χ4v) is 5.18. The molecule has 184 valence electrons. The largest absolute Gasteiger partial charge is 0.466 e. The van der Waals surface area contributed by atoms with E-state index < -0.39 is 23.1 Å². The van der Waals surface area contributed by atoms with Crippen LogP contribution in [0.25, 0.3) is 10.9 Å². The summed E-state index contributed by atoms with van der Waals surface area (Å²) in [5, 5.41) is 6.26. The van der Waals surface area contributed by atoms with Crippen molar-refractivity contribution >= 4 is 34.2 Å². The molecule has 0 radical (unpaired) electrons. The molecule has 0 atom stereocenters. The topological polar surface area (TPSA) is 89.4 Å². The van der Waals surface area contributed by atoms with Gasteiger partial charge in [0.25, 0.3) is 0 Å². The minimum atomic E-state index is -0.459. The van der Waals surface area contributed by atoms with Gasteiger partial charge in [-0.2, -0.15) is 0 Å². The van der Waals surface area contributed by atoms with E-state index in [1.54, 1.807) is 19.2 Å². The van der Waals surface area contributed by atoms with Crippen LogP contribution in [0.15, 0.2) is 23.1 Å². The second-order valence-electron chi connectivity index (χ2n) is 9.40. The van der Waals surface area contributed by atoms with Crippen molar-refractivity contribution in [3.8, 4) is 0 Å². The lowest BCUT2D eigenvalue weighted by atomic mass is 9.95. The number of hydrogen-bond acceptors (Lipinski definition) is 5. The van der Waals surface area contributed by atoms with E-state index in [2.05, 4.69) is 10.6 Å². The number of ether oxygens (including phenoxy) is 1. The molecule has 1 heterocycles. The third-order valence-electron chi connectivity index (χ3n) is 6.94. The molecule has 0 aliphatic heterocycles. The lowest BCUT2D eigenvalue weighted by Gasteiger charge is -2.25. The van der Waals surface area contributed by atoms with Crippen LogP contribution in [0.2, 0.25) is 0 Å². The Morgan fingerprint density at radius 1 is 1.03 bits per heavy atom. The summed E-state index contributed by atoms with van der Waals surface area (Å²) >= 11 is 0. The van der Waals surface area contributed by atoms with Crippen LogP contribution in [0.3, 0.4) is 0 Å². The lowest BCUT2D eigenvalue weighted by molar-refractivity contribution is -0.144. The first-order valence-corrected chi connectivity index (χ1v) is 12.6. The van der Waals surface area contributed by atoms with E-state index in [4.69, 9.17) is 4.74 Å². The van der Waals surface area contributed by atoms with E-state index in [1.165, 1.54) is 12.5 Å². The summed E-state index contributed by atoms with van der Waals surface area (Å²) in [5.74, 6) is -1.36. The number of esters is 1. The molecule has 1 aromatic carbocycles. The molecule has 2 aromatic rings. The van der Waals surface area contributed by atoms with Crippen molar-refractivity contribution in [1.82, 2.24) is 4.57 Å². The first-order valence-electron chi connectivity index (χ1n) is 12.6. The van der Waals surface area contributed by atoms with Gasteiger partial charge in [-0.15, -0.1) is 0 Å². The van der Waals surface area contributed by atoms with Crippen molar-refractivity contribution in [3.63, 3.8) is 0 Å². The smallest absolute Gasteiger partial charge is 0.306 e. The quantitative estimate of drug-likeness (QED) is 0.511. The minimum Gasteiger partial charge on any atom is -0.466 e. The Hall–Kier alpha value is -2.90. The predicted octanol–water partition coefficient (Wildman–Crippen LogP) is 5.28. The van der Waals surface area contributed by atoms with Gasteiger partial charge in [0.15, 0.2) is 0 Å². The summed E-state index contributed by atoms with van der Waals surface area (Å²) in [6.45, 7) is 1.95. The zero-order chi connectivity index (χ0) is 24.1. The molecule has 0 spiro atoms. The molecule has 7 nitrogen and oxygen atoms in total. The molecule has 2 aliphatic rings. The molecule has 2 N–H and O–H groups in total. The number of aromatic nitrogens is 1. The van der Waals surface area contributed by atoms with Crippen molar-refractivity contribution in [2.75, 3.05) is 17.2 Å². The van der Waals surface area contributed by atoms with Gasteiger partial charge in [0.1, 0.15) is 11.5 Å². The standard InChI is InChI=1S/C26H34FN3O4/c1-2-34-25(32)13-12-24(31)29-22-16-30(18-10-6-7-11-18)23-15-21(20(27)14-19(23)26(22)33)28-17-8-4-3-5-9-17/h14-18,28H,2-13H2,1H3,(H,29,31). The number of fused-ring (bicyclic) bond motifs is 1. The van der Waals surface area contributed by atoms with Gasteiger partial charge in [0, 0.05) is 24.7 Å². The highest BCUT2D eigenvalue weighted by Gasteiger charge is 2.23. The van der Waals surface area contributed by atoms with Crippen LogP contribution in [0.4, 0.5) is 15.8 Å². The summed E-state index contributed by atoms with van der Waals surface area (Å²) in [7, 11) is 0. The summed E-state index contributed by atoms with van der Waals surface area (Å²) < 4.78 is 22.0. The van der Waals surface area contributed by atoms with Gasteiger partial charge in [-0.05, 0) is 44.7 Å². The molecule has 2 fully saturated rings. The van der Waals surface area contributed by atoms with Gasteiger partial charge >= 0.3 is 5.97 Å². The molecule has 1 amide bonds. The van der Waals surface area contributed by atoms with Crippen molar-refractivity contribution in [1.29, 1.82) is 0 Å². The summed E-state index contributed by atoms with van der Waals surface area (Å²) in [5.41, 5.74) is 0.801. The van der Waals surface area contributed by atoms with E-state index in [-0.39, 0.29) is 42.6 Å². The summed E-state index contributed by atoms with van der Waals surface area (Å²) in [4.78, 5) is 37.2. The first kappa shape index (κ1) is 24.2. The number of nitrogens with one attached hydrogen (secondary N) is 2. The Kier molecular flexibility index (Phi) is 7.85. The molecule has 2 aliphatic carbocycles. The van der Waals surface area contributed by atoms with Crippen LogP contribution < -0.4 is 16.1 Å². The number of benzene rings is 1. The van der Waals surface area contributed by atoms with Gasteiger partial charge in [-0.25, -0.2) is 4.39 Å². The van der Waals surface area contributed by atoms with E-state index in [9.17, 15) is 14.4 Å². The Morgan fingerprint density at radius 3 is 2.44 bits per heavy atom. The lowest BCUT2D eigenvalue weighted by Crippen LogP contribution is -2.24. The fourth-order valence-electron chi connectivity index (χ4n) is 5.18. The number of carbonyl (C=O) groups excluding carboxylic acids is 2. The zero-order valence-corrected chi connectivity index (χ0v) is 19.8. The van der Waals surface area contributed by atoms with Gasteiger partial charge in [-0.1, -0.05) is 32.1 Å². The summed E-state index contributed by atoms with van der Waals surface area (Å²) in [6, 6.07) is 3.48. The van der Waals surface area contributed by atoms with Crippen LogP contribution in [-0.2, 0) is 14.3 Å². The molecule has 1 aromatic heterocycles. The average molecular weight is 472 g/mol. The second kappa shape index (κ2) is 11.0. The summed E-state index contributed by atoms with van der Waals surface area (Å²) in [6.07, 6.45) is 11.2. The molecule has 4 rings (SSSR count). The Balaban J connectivity index is 1.66. The predicted molar refractivity (Wildman–Crippen MR) is 131 cm³/mol. The van der Waals surface area contributed by atoms with Crippen LogP contribution in [0.1, 0.15) is 83.6 Å². The number of hydrogen-bond donors (Lipinski definition) is 2. The highest BCUT2D eigenvalue weighted by molar-refractivity contribution is 5.95. The van der Waals surface area contributed by atoms with E-state index in [0.717, 1.165) is 51.4 Å². The number of pyridine rings is 1. The molecule has 2 saturated carbocycles. The maximum absolute atomic E-state index is 15.1. The molecule has 0 saturated heterocycles. The minimum absolute atomic E-state index is 0.0606. The number of halogens is 1. The molecule has 0 bridgehead atoms.